The Morgan fingerprint density at radius 1 is 1.33 bits per heavy atom. The van der Waals surface area contributed by atoms with Crippen LogP contribution >= 0.6 is 0 Å². The zero-order valence-electron chi connectivity index (χ0n) is 6.57. The molecule has 1 heterocycles. The molecule has 2 nitrogen and oxygen atoms in total. The quantitative estimate of drug-likeness (QED) is 0.587. The van der Waals surface area contributed by atoms with Crippen LogP contribution in [0.15, 0.2) is 0 Å². The van der Waals surface area contributed by atoms with Gasteiger partial charge in [-0.25, -0.2) is 0 Å². The van der Waals surface area contributed by atoms with Gasteiger partial charge in [0.2, 0.25) is 0 Å². The van der Waals surface area contributed by atoms with Gasteiger partial charge in [-0.15, -0.1) is 0 Å². The van der Waals surface area contributed by atoms with Crippen LogP contribution in [0.1, 0.15) is 20.3 Å². The molecule has 1 rings (SSSR count). The van der Waals surface area contributed by atoms with Gasteiger partial charge in [0.15, 0.2) is 0 Å². The van der Waals surface area contributed by atoms with Crippen molar-refractivity contribution in [1.82, 2.24) is 10.2 Å². The van der Waals surface area contributed by atoms with Gasteiger partial charge in [0.05, 0.1) is 5.66 Å². The lowest BCUT2D eigenvalue weighted by atomic mass is 10.1. The highest BCUT2D eigenvalue weighted by atomic mass is 15.3. The number of nitrogens with zero attached hydrogens (tertiary/aromatic N) is 1. The zero-order chi connectivity index (χ0) is 6.91. The molecule has 0 amide bonds. The smallest absolute Gasteiger partial charge is 0.0651 e. The molecule has 2 heteroatoms. The SMILES string of the molecule is CNC(C)(C)N1CCC1. The maximum atomic E-state index is 3.27. The van der Waals surface area contributed by atoms with E-state index in [9.17, 15) is 0 Å². The Labute approximate surface area is 57.2 Å². The molecule has 54 valence electrons. The number of nitrogens with one attached hydrogen (secondary N) is 1. The van der Waals surface area contributed by atoms with Gasteiger partial charge < -0.3 is 5.32 Å². The van der Waals surface area contributed by atoms with E-state index < -0.39 is 0 Å². The fraction of sp³-hybridized carbons (Fsp3) is 1.00. The van der Waals surface area contributed by atoms with E-state index in [-0.39, 0.29) is 5.66 Å². The van der Waals surface area contributed by atoms with Crippen LogP contribution in [0.3, 0.4) is 0 Å². The molecule has 1 aliphatic rings. The molecule has 9 heavy (non-hydrogen) atoms. The third kappa shape index (κ3) is 1.25. The summed E-state index contributed by atoms with van der Waals surface area (Å²) >= 11 is 0. The second-order valence-corrected chi connectivity index (χ2v) is 3.15. The van der Waals surface area contributed by atoms with E-state index in [2.05, 4.69) is 24.1 Å². The lowest BCUT2D eigenvalue weighted by molar-refractivity contribution is 0.0358. The Morgan fingerprint density at radius 3 is 2.00 bits per heavy atom. The summed E-state index contributed by atoms with van der Waals surface area (Å²) < 4.78 is 0. The Morgan fingerprint density at radius 2 is 1.89 bits per heavy atom. The predicted molar refractivity (Wildman–Crippen MR) is 39.3 cm³/mol. The van der Waals surface area contributed by atoms with Crippen molar-refractivity contribution in [1.29, 1.82) is 0 Å². The normalized spacial score (nSPS) is 21.7. The summed E-state index contributed by atoms with van der Waals surface area (Å²) in [5, 5.41) is 3.27. The van der Waals surface area contributed by atoms with Crippen LogP contribution in [0.2, 0.25) is 0 Å². The minimum atomic E-state index is 0.220. The highest BCUT2D eigenvalue weighted by Gasteiger charge is 2.28. The molecule has 0 spiro atoms. The van der Waals surface area contributed by atoms with E-state index in [0.29, 0.717) is 0 Å². The van der Waals surface area contributed by atoms with Crippen molar-refractivity contribution in [3.63, 3.8) is 0 Å². The molecule has 0 atom stereocenters. The highest BCUT2D eigenvalue weighted by Crippen LogP contribution is 2.17. The largest absolute Gasteiger partial charge is 0.303 e. The fourth-order valence-electron chi connectivity index (χ4n) is 1.03. The van der Waals surface area contributed by atoms with Crippen LogP contribution in [0.4, 0.5) is 0 Å². The van der Waals surface area contributed by atoms with Crippen molar-refractivity contribution in [2.75, 3.05) is 20.1 Å². The molecule has 0 unspecified atom stereocenters. The molecule has 0 aromatic carbocycles. The summed E-state index contributed by atoms with van der Waals surface area (Å²) in [6.07, 6.45) is 1.37. The van der Waals surface area contributed by atoms with E-state index in [1.54, 1.807) is 0 Å². The summed E-state index contributed by atoms with van der Waals surface area (Å²) in [6.45, 7) is 6.94. The van der Waals surface area contributed by atoms with Crippen molar-refractivity contribution in [2.24, 2.45) is 0 Å². The average Bonchev–Trinajstić information content (AvgIpc) is 1.60. The highest BCUT2D eigenvalue weighted by molar-refractivity contribution is 4.82. The Kier molecular flexibility index (Phi) is 1.78. The van der Waals surface area contributed by atoms with Crippen LogP contribution in [-0.2, 0) is 0 Å². The molecule has 0 radical (unpaired) electrons. The van der Waals surface area contributed by atoms with Crippen molar-refractivity contribution in [3.05, 3.63) is 0 Å². The molecule has 0 saturated carbocycles. The van der Waals surface area contributed by atoms with Crippen LogP contribution in [0.25, 0.3) is 0 Å². The number of hydrogen-bond acceptors (Lipinski definition) is 2. The molecule has 1 saturated heterocycles. The maximum Gasteiger partial charge on any atom is 0.0651 e. The molecular weight excluding hydrogens is 112 g/mol. The van der Waals surface area contributed by atoms with E-state index >= 15 is 0 Å². The van der Waals surface area contributed by atoms with E-state index in [4.69, 9.17) is 0 Å². The molecule has 1 N–H and O–H groups in total. The second-order valence-electron chi connectivity index (χ2n) is 3.15. The standard InChI is InChI=1S/C7H16N2/c1-7(2,8-3)9-5-4-6-9/h8H,4-6H2,1-3H3. The predicted octanol–water partition coefficient (Wildman–Crippen LogP) is 0.648. The third-order valence-corrected chi connectivity index (χ3v) is 2.26. The van der Waals surface area contributed by atoms with E-state index in [1.165, 1.54) is 19.5 Å². The van der Waals surface area contributed by atoms with Crippen LogP contribution in [0, 0.1) is 0 Å². The molecule has 1 aliphatic heterocycles. The lowest BCUT2D eigenvalue weighted by Gasteiger charge is -2.44. The summed E-state index contributed by atoms with van der Waals surface area (Å²) in [4.78, 5) is 2.44. The maximum absolute atomic E-state index is 3.27. The van der Waals surface area contributed by atoms with Crippen molar-refractivity contribution < 1.29 is 0 Å². The first-order valence-corrected chi connectivity index (χ1v) is 3.61. The molecule has 0 aliphatic carbocycles. The molecular formula is C7H16N2. The lowest BCUT2D eigenvalue weighted by Crippen LogP contribution is -2.58. The first kappa shape index (κ1) is 7.03. The Balaban J connectivity index is 2.37. The molecule has 0 bridgehead atoms. The molecule has 0 aromatic heterocycles. The fourth-order valence-corrected chi connectivity index (χ4v) is 1.03. The second kappa shape index (κ2) is 2.27. The Hall–Kier alpha value is -0.0800. The van der Waals surface area contributed by atoms with Crippen molar-refractivity contribution in [3.8, 4) is 0 Å². The number of likely N-dealkylation sites (tertiary alicyclic amines) is 1. The number of rotatable bonds is 2. The average molecular weight is 128 g/mol. The van der Waals surface area contributed by atoms with Crippen molar-refractivity contribution in [2.45, 2.75) is 25.9 Å². The third-order valence-electron chi connectivity index (χ3n) is 2.26. The Bertz CT molecular complexity index is 95.1. The van der Waals surface area contributed by atoms with Gasteiger partial charge in [-0.3, -0.25) is 4.90 Å². The van der Waals surface area contributed by atoms with Gasteiger partial charge in [-0.1, -0.05) is 0 Å². The molecule has 0 aromatic rings. The first-order chi connectivity index (χ1) is 4.17. The van der Waals surface area contributed by atoms with Gasteiger partial charge in [-0.2, -0.15) is 0 Å². The van der Waals surface area contributed by atoms with Gasteiger partial charge in [0, 0.05) is 13.1 Å². The minimum Gasteiger partial charge on any atom is -0.303 e. The summed E-state index contributed by atoms with van der Waals surface area (Å²) in [6, 6.07) is 0. The van der Waals surface area contributed by atoms with Gasteiger partial charge in [0.1, 0.15) is 0 Å². The summed E-state index contributed by atoms with van der Waals surface area (Å²) in [5.41, 5.74) is 0.220. The van der Waals surface area contributed by atoms with Gasteiger partial charge >= 0.3 is 0 Å². The van der Waals surface area contributed by atoms with Gasteiger partial charge in [0.25, 0.3) is 0 Å². The van der Waals surface area contributed by atoms with E-state index in [1.807, 2.05) is 7.05 Å². The topological polar surface area (TPSA) is 15.3 Å². The minimum absolute atomic E-state index is 0.220. The van der Waals surface area contributed by atoms with Crippen molar-refractivity contribution >= 4 is 0 Å². The molecule has 1 fully saturated rings. The van der Waals surface area contributed by atoms with Crippen LogP contribution < -0.4 is 5.32 Å². The van der Waals surface area contributed by atoms with Crippen LogP contribution in [-0.4, -0.2) is 30.7 Å². The summed E-state index contributed by atoms with van der Waals surface area (Å²) in [7, 11) is 2.01. The number of hydrogen-bond donors (Lipinski definition) is 1. The monoisotopic (exact) mass is 128 g/mol. The summed E-state index contributed by atoms with van der Waals surface area (Å²) in [5.74, 6) is 0. The zero-order valence-corrected chi connectivity index (χ0v) is 6.57. The van der Waals surface area contributed by atoms with Gasteiger partial charge in [-0.05, 0) is 27.3 Å². The van der Waals surface area contributed by atoms with Crippen LogP contribution in [0.5, 0.6) is 0 Å². The first-order valence-electron chi connectivity index (χ1n) is 3.61. The van der Waals surface area contributed by atoms with E-state index in [0.717, 1.165) is 0 Å².